The lowest BCUT2D eigenvalue weighted by Gasteiger charge is -2.19. The van der Waals surface area contributed by atoms with Gasteiger partial charge in [-0.15, -0.1) is 0 Å². The summed E-state index contributed by atoms with van der Waals surface area (Å²) in [7, 11) is 1.93. The van der Waals surface area contributed by atoms with Gasteiger partial charge in [0, 0.05) is 38.0 Å². The van der Waals surface area contributed by atoms with Crippen LogP contribution in [-0.4, -0.2) is 28.8 Å². The van der Waals surface area contributed by atoms with Crippen molar-refractivity contribution in [2.24, 2.45) is 0 Å². The molecule has 0 spiro atoms. The fourth-order valence-corrected chi connectivity index (χ4v) is 2.84. The van der Waals surface area contributed by atoms with Crippen LogP contribution in [0.15, 0.2) is 60.7 Å². The Hall–Kier alpha value is -3.74. The number of benzene rings is 2. The first-order valence-corrected chi connectivity index (χ1v) is 9.20. The molecule has 148 valence electrons. The average molecular weight is 389 g/mol. The van der Waals surface area contributed by atoms with Crippen LogP contribution in [0.5, 0.6) is 0 Å². The lowest BCUT2D eigenvalue weighted by atomic mass is 10.2. The third kappa shape index (κ3) is 5.62. The number of carbonyl (C=O) groups is 2. The minimum atomic E-state index is -0.322. The molecular formula is C22H23N5O2. The van der Waals surface area contributed by atoms with Gasteiger partial charge in [0.25, 0.3) is 5.91 Å². The molecule has 3 aromatic rings. The number of amides is 2. The zero-order chi connectivity index (χ0) is 20.8. The number of hydrogen-bond donors (Lipinski definition) is 2. The van der Waals surface area contributed by atoms with Gasteiger partial charge in [0.1, 0.15) is 17.3 Å². The molecule has 1 heterocycles. The van der Waals surface area contributed by atoms with E-state index in [0.29, 0.717) is 35.3 Å². The van der Waals surface area contributed by atoms with Gasteiger partial charge in [0.2, 0.25) is 5.91 Å². The van der Waals surface area contributed by atoms with E-state index in [2.05, 4.69) is 20.6 Å². The minimum Gasteiger partial charge on any atom is -0.355 e. The third-order valence-corrected chi connectivity index (χ3v) is 4.17. The van der Waals surface area contributed by atoms with E-state index in [4.69, 9.17) is 0 Å². The Bertz CT molecular complexity index is 1000. The molecule has 1 aromatic heterocycles. The van der Waals surface area contributed by atoms with Gasteiger partial charge in [-0.05, 0) is 36.8 Å². The number of nitrogens with one attached hydrogen (secondary N) is 2. The number of nitrogens with zero attached hydrogens (tertiary/aromatic N) is 3. The van der Waals surface area contributed by atoms with E-state index in [9.17, 15) is 9.59 Å². The quantitative estimate of drug-likeness (QED) is 0.672. The summed E-state index contributed by atoms with van der Waals surface area (Å²) in [5.74, 6) is 0.726. The number of aromatic nitrogens is 2. The SMILES string of the molecule is CC(=O)Nc1ccc(NC(=O)c2cc(N(C)Cc3ccccc3)nc(C)n2)cc1. The number of aryl methyl sites for hydroxylation is 1. The first-order chi connectivity index (χ1) is 13.9. The van der Waals surface area contributed by atoms with Gasteiger partial charge in [-0.1, -0.05) is 30.3 Å². The van der Waals surface area contributed by atoms with Crippen molar-refractivity contribution in [2.75, 3.05) is 22.6 Å². The molecule has 0 fully saturated rings. The third-order valence-electron chi connectivity index (χ3n) is 4.17. The molecular weight excluding hydrogens is 366 g/mol. The van der Waals surface area contributed by atoms with Crippen LogP contribution in [0, 0.1) is 6.92 Å². The zero-order valence-electron chi connectivity index (χ0n) is 16.6. The Balaban J connectivity index is 1.73. The van der Waals surface area contributed by atoms with Crippen LogP contribution in [0.3, 0.4) is 0 Å². The Kier molecular flexibility index (Phi) is 6.19. The first-order valence-electron chi connectivity index (χ1n) is 9.20. The summed E-state index contributed by atoms with van der Waals surface area (Å²) in [4.78, 5) is 34.5. The molecule has 29 heavy (non-hydrogen) atoms. The summed E-state index contributed by atoms with van der Waals surface area (Å²) in [5, 5.41) is 5.51. The fraction of sp³-hybridized carbons (Fsp3) is 0.182. The van der Waals surface area contributed by atoms with Crippen molar-refractivity contribution in [3.63, 3.8) is 0 Å². The van der Waals surface area contributed by atoms with E-state index in [1.54, 1.807) is 37.3 Å². The van der Waals surface area contributed by atoms with Crippen LogP contribution >= 0.6 is 0 Å². The lowest BCUT2D eigenvalue weighted by Crippen LogP contribution is -2.21. The van der Waals surface area contributed by atoms with E-state index in [1.807, 2.05) is 42.3 Å². The second-order valence-electron chi connectivity index (χ2n) is 6.71. The first kappa shape index (κ1) is 20.0. The molecule has 0 saturated heterocycles. The van der Waals surface area contributed by atoms with Gasteiger partial charge in [-0.2, -0.15) is 0 Å². The van der Waals surface area contributed by atoms with Crippen molar-refractivity contribution >= 4 is 29.0 Å². The second-order valence-corrected chi connectivity index (χ2v) is 6.71. The summed E-state index contributed by atoms with van der Waals surface area (Å²) in [6, 6.07) is 18.6. The molecule has 7 nitrogen and oxygen atoms in total. The summed E-state index contributed by atoms with van der Waals surface area (Å²) in [5.41, 5.74) is 2.72. The Morgan fingerprint density at radius 2 is 1.55 bits per heavy atom. The average Bonchev–Trinajstić information content (AvgIpc) is 2.69. The molecule has 7 heteroatoms. The molecule has 0 radical (unpaired) electrons. The van der Waals surface area contributed by atoms with Gasteiger partial charge in [-0.25, -0.2) is 9.97 Å². The van der Waals surface area contributed by atoms with E-state index in [1.165, 1.54) is 6.92 Å². The lowest BCUT2D eigenvalue weighted by molar-refractivity contribution is -0.114. The van der Waals surface area contributed by atoms with Crippen molar-refractivity contribution in [1.29, 1.82) is 0 Å². The van der Waals surface area contributed by atoms with Crippen LogP contribution < -0.4 is 15.5 Å². The molecule has 3 rings (SSSR count). The van der Waals surface area contributed by atoms with Crippen LogP contribution in [-0.2, 0) is 11.3 Å². The number of anilines is 3. The highest BCUT2D eigenvalue weighted by atomic mass is 16.2. The van der Waals surface area contributed by atoms with Crippen molar-refractivity contribution in [2.45, 2.75) is 20.4 Å². The highest BCUT2D eigenvalue weighted by molar-refractivity contribution is 6.03. The molecule has 0 atom stereocenters. The van der Waals surface area contributed by atoms with Gasteiger partial charge >= 0.3 is 0 Å². The molecule has 2 aromatic carbocycles. The van der Waals surface area contributed by atoms with E-state index in [-0.39, 0.29) is 11.8 Å². The van der Waals surface area contributed by atoms with E-state index < -0.39 is 0 Å². The Morgan fingerprint density at radius 1 is 0.931 bits per heavy atom. The molecule has 0 aliphatic heterocycles. The van der Waals surface area contributed by atoms with Crippen LogP contribution in [0.25, 0.3) is 0 Å². The smallest absolute Gasteiger partial charge is 0.274 e. The highest BCUT2D eigenvalue weighted by Gasteiger charge is 2.13. The normalized spacial score (nSPS) is 10.3. The van der Waals surface area contributed by atoms with Gasteiger partial charge < -0.3 is 15.5 Å². The molecule has 0 unspecified atom stereocenters. The molecule has 0 saturated carbocycles. The maximum atomic E-state index is 12.7. The van der Waals surface area contributed by atoms with Crippen molar-refractivity contribution in [1.82, 2.24) is 9.97 Å². The molecule has 0 bridgehead atoms. The molecule has 2 N–H and O–H groups in total. The van der Waals surface area contributed by atoms with Crippen molar-refractivity contribution < 1.29 is 9.59 Å². The van der Waals surface area contributed by atoms with E-state index >= 15 is 0 Å². The minimum absolute atomic E-state index is 0.148. The highest BCUT2D eigenvalue weighted by Crippen LogP contribution is 2.17. The van der Waals surface area contributed by atoms with Crippen LogP contribution in [0.1, 0.15) is 28.8 Å². The van der Waals surface area contributed by atoms with Crippen LogP contribution in [0.4, 0.5) is 17.2 Å². The van der Waals surface area contributed by atoms with E-state index in [0.717, 1.165) is 5.56 Å². The monoisotopic (exact) mass is 389 g/mol. The predicted octanol–water partition coefficient (Wildman–Crippen LogP) is 3.63. The summed E-state index contributed by atoms with van der Waals surface area (Å²) in [6.45, 7) is 3.88. The van der Waals surface area contributed by atoms with Crippen molar-refractivity contribution in [3.8, 4) is 0 Å². The second kappa shape index (κ2) is 8.97. The number of carbonyl (C=O) groups excluding carboxylic acids is 2. The topological polar surface area (TPSA) is 87.2 Å². The number of rotatable bonds is 6. The van der Waals surface area contributed by atoms with Gasteiger partial charge in [0.05, 0.1) is 0 Å². The summed E-state index contributed by atoms with van der Waals surface area (Å²) < 4.78 is 0. The maximum absolute atomic E-state index is 12.7. The largest absolute Gasteiger partial charge is 0.355 e. The molecule has 0 aliphatic rings. The standard InChI is InChI=1S/C22H23N5O2/c1-15-23-20(13-21(24-15)27(3)14-17-7-5-4-6-8-17)22(29)26-19-11-9-18(10-12-19)25-16(2)28/h4-13H,14H2,1-3H3,(H,25,28)(H,26,29). The fourth-order valence-electron chi connectivity index (χ4n) is 2.84. The Morgan fingerprint density at radius 3 is 2.17 bits per heavy atom. The summed E-state index contributed by atoms with van der Waals surface area (Å²) in [6.07, 6.45) is 0. The predicted molar refractivity (Wildman–Crippen MR) is 114 cm³/mol. The number of hydrogen-bond acceptors (Lipinski definition) is 5. The molecule has 2 amide bonds. The summed E-state index contributed by atoms with van der Waals surface area (Å²) >= 11 is 0. The zero-order valence-corrected chi connectivity index (χ0v) is 16.6. The van der Waals surface area contributed by atoms with Crippen molar-refractivity contribution in [3.05, 3.63) is 77.7 Å². The van der Waals surface area contributed by atoms with Gasteiger partial charge in [-0.3, -0.25) is 9.59 Å². The van der Waals surface area contributed by atoms with Gasteiger partial charge in [0.15, 0.2) is 0 Å². The molecule has 0 aliphatic carbocycles. The Labute approximate surface area is 169 Å². The van der Waals surface area contributed by atoms with Crippen LogP contribution in [0.2, 0.25) is 0 Å². The maximum Gasteiger partial charge on any atom is 0.274 e.